The number of halogens is 5. The van der Waals surface area contributed by atoms with Crippen molar-refractivity contribution in [2.75, 3.05) is 0 Å². The molecule has 1 heterocycles. The van der Waals surface area contributed by atoms with Crippen molar-refractivity contribution in [2.45, 2.75) is 6.36 Å². The van der Waals surface area contributed by atoms with Gasteiger partial charge in [0.2, 0.25) is 0 Å². The predicted molar refractivity (Wildman–Crippen MR) is 45.7 cm³/mol. The molecule has 0 N–H and O–H groups in total. The number of aromatic nitrogens is 1. The SMILES string of the molecule is N#Cc1nc(Cl)c(OC(F)(F)F)cc1Cl. The van der Waals surface area contributed by atoms with E-state index < -0.39 is 17.3 Å². The zero-order valence-corrected chi connectivity index (χ0v) is 8.28. The van der Waals surface area contributed by atoms with Crippen LogP contribution in [-0.2, 0) is 0 Å². The molecule has 1 aromatic heterocycles. The second-order valence-corrected chi connectivity index (χ2v) is 3.03. The fraction of sp³-hybridized carbons (Fsp3) is 0.143. The molecule has 1 rings (SSSR count). The number of alkyl halides is 3. The quantitative estimate of drug-likeness (QED) is 0.726. The normalized spacial score (nSPS) is 10.9. The van der Waals surface area contributed by atoms with E-state index in [9.17, 15) is 13.2 Å². The predicted octanol–water partition coefficient (Wildman–Crippen LogP) is 3.16. The summed E-state index contributed by atoms with van der Waals surface area (Å²) in [5.41, 5.74) is -0.267. The Morgan fingerprint density at radius 3 is 2.47 bits per heavy atom. The van der Waals surface area contributed by atoms with Gasteiger partial charge in [-0.05, 0) is 0 Å². The maximum Gasteiger partial charge on any atom is 0.573 e. The fourth-order valence-corrected chi connectivity index (χ4v) is 1.09. The van der Waals surface area contributed by atoms with Gasteiger partial charge in [0, 0.05) is 6.07 Å². The van der Waals surface area contributed by atoms with Gasteiger partial charge in [-0.25, -0.2) is 4.98 Å². The number of nitrogens with zero attached hydrogens (tertiary/aromatic N) is 2. The minimum atomic E-state index is -4.89. The molecule has 80 valence electrons. The van der Waals surface area contributed by atoms with Crippen LogP contribution in [0.1, 0.15) is 5.69 Å². The van der Waals surface area contributed by atoms with Crippen LogP contribution in [-0.4, -0.2) is 11.3 Å². The van der Waals surface area contributed by atoms with Gasteiger partial charge in [-0.15, -0.1) is 13.2 Å². The molecule has 0 unspecified atom stereocenters. The first kappa shape index (κ1) is 11.9. The van der Waals surface area contributed by atoms with Crippen LogP contribution in [0.15, 0.2) is 6.07 Å². The summed E-state index contributed by atoms with van der Waals surface area (Å²) in [6, 6.07) is 2.34. The number of ether oxygens (including phenoxy) is 1. The molecule has 0 saturated heterocycles. The maximum atomic E-state index is 11.8. The van der Waals surface area contributed by atoms with Crippen LogP contribution in [0.3, 0.4) is 0 Å². The molecule has 0 bridgehead atoms. The van der Waals surface area contributed by atoms with E-state index in [0.717, 1.165) is 6.07 Å². The van der Waals surface area contributed by atoms with Crippen LogP contribution >= 0.6 is 23.2 Å². The average molecular weight is 257 g/mol. The molecule has 3 nitrogen and oxygen atoms in total. The highest BCUT2D eigenvalue weighted by Gasteiger charge is 2.32. The number of hydrogen-bond donors (Lipinski definition) is 0. The van der Waals surface area contributed by atoms with Gasteiger partial charge in [0.15, 0.2) is 16.6 Å². The Hall–Kier alpha value is -1.19. The van der Waals surface area contributed by atoms with Crippen molar-refractivity contribution in [2.24, 2.45) is 0 Å². The fourth-order valence-electron chi connectivity index (χ4n) is 0.724. The lowest BCUT2D eigenvalue weighted by atomic mass is 10.3. The number of hydrogen-bond acceptors (Lipinski definition) is 3. The summed E-state index contributed by atoms with van der Waals surface area (Å²) in [4.78, 5) is 3.32. The molecular weight excluding hydrogens is 256 g/mol. The third kappa shape index (κ3) is 3.15. The first-order chi connectivity index (χ1) is 6.83. The topological polar surface area (TPSA) is 45.9 Å². The van der Waals surface area contributed by atoms with Gasteiger partial charge in [-0.3, -0.25) is 0 Å². The van der Waals surface area contributed by atoms with E-state index in [-0.39, 0.29) is 10.7 Å². The first-order valence-electron chi connectivity index (χ1n) is 3.35. The van der Waals surface area contributed by atoms with Crippen LogP contribution in [0.5, 0.6) is 5.75 Å². The lowest BCUT2D eigenvalue weighted by Crippen LogP contribution is -2.17. The molecule has 0 atom stereocenters. The third-order valence-corrected chi connectivity index (χ3v) is 1.79. The van der Waals surface area contributed by atoms with Crippen molar-refractivity contribution < 1.29 is 17.9 Å². The Kier molecular flexibility index (Phi) is 3.27. The minimum Gasteiger partial charge on any atom is -0.402 e. The van der Waals surface area contributed by atoms with Crippen molar-refractivity contribution >= 4 is 23.2 Å². The van der Waals surface area contributed by atoms with Crippen LogP contribution < -0.4 is 4.74 Å². The molecule has 0 fully saturated rings. The summed E-state index contributed by atoms with van der Waals surface area (Å²) in [7, 11) is 0. The second-order valence-electron chi connectivity index (χ2n) is 2.27. The van der Waals surface area contributed by atoms with E-state index >= 15 is 0 Å². The van der Waals surface area contributed by atoms with Crippen molar-refractivity contribution in [3.63, 3.8) is 0 Å². The molecule has 0 aliphatic carbocycles. The monoisotopic (exact) mass is 256 g/mol. The van der Waals surface area contributed by atoms with Gasteiger partial charge >= 0.3 is 6.36 Å². The largest absolute Gasteiger partial charge is 0.573 e. The van der Waals surface area contributed by atoms with Crippen LogP contribution in [0.2, 0.25) is 10.2 Å². The smallest absolute Gasteiger partial charge is 0.402 e. The van der Waals surface area contributed by atoms with Gasteiger partial charge in [-0.1, -0.05) is 23.2 Å². The lowest BCUT2D eigenvalue weighted by molar-refractivity contribution is -0.274. The Morgan fingerprint density at radius 1 is 1.40 bits per heavy atom. The van der Waals surface area contributed by atoms with E-state index in [4.69, 9.17) is 28.5 Å². The van der Waals surface area contributed by atoms with E-state index in [0.29, 0.717) is 0 Å². The standard InChI is InChI=1S/C7HCl2F3N2O/c8-3-1-5(15-7(10,11)12)6(9)14-4(3)2-13/h1H. The Balaban J connectivity index is 3.13. The molecule has 0 aliphatic heterocycles. The number of rotatable bonds is 1. The molecule has 0 aromatic carbocycles. The lowest BCUT2D eigenvalue weighted by Gasteiger charge is -2.10. The van der Waals surface area contributed by atoms with E-state index in [1.54, 1.807) is 6.07 Å². The Bertz CT molecular complexity index is 427. The van der Waals surface area contributed by atoms with Gasteiger partial charge < -0.3 is 4.74 Å². The summed E-state index contributed by atoms with van der Waals surface area (Å²) >= 11 is 10.8. The van der Waals surface area contributed by atoms with Crippen molar-refractivity contribution in [3.05, 3.63) is 21.9 Å². The molecule has 0 radical (unpaired) electrons. The molecule has 8 heteroatoms. The molecular formula is C7HCl2F3N2O. The maximum absolute atomic E-state index is 11.8. The summed E-state index contributed by atoms with van der Waals surface area (Å²) in [5, 5.41) is 7.61. The van der Waals surface area contributed by atoms with Gasteiger partial charge in [0.05, 0.1) is 5.02 Å². The molecule has 15 heavy (non-hydrogen) atoms. The zero-order valence-electron chi connectivity index (χ0n) is 6.77. The van der Waals surface area contributed by atoms with Gasteiger partial charge in [0.1, 0.15) is 6.07 Å². The summed E-state index contributed by atoms with van der Waals surface area (Å²) in [5.74, 6) is -0.742. The highest BCUT2D eigenvalue weighted by Crippen LogP contribution is 2.32. The molecule has 0 saturated carbocycles. The number of nitriles is 1. The third-order valence-electron chi connectivity index (χ3n) is 1.23. The summed E-state index contributed by atoms with van der Waals surface area (Å²) in [6.07, 6.45) is -4.89. The van der Waals surface area contributed by atoms with E-state index in [1.165, 1.54) is 0 Å². The van der Waals surface area contributed by atoms with E-state index in [2.05, 4.69) is 9.72 Å². The molecule has 1 aromatic rings. The zero-order chi connectivity index (χ0) is 11.6. The molecule has 0 aliphatic rings. The minimum absolute atomic E-state index is 0.263. The van der Waals surface area contributed by atoms with Crippen molar-refractivity contribution in [3.8, 4) is 11.8 Å². The molecule has 0 spiro atoms. The first-order valence-corrected chi connectivity index (χ1v) is 4.11. The Labute approximate surface area is 92.0 Å². The highest BCUT2D eigenvalue weighted by molar-refractivity contribution is 6.33. The van der Waals surface area contributed by atoms with Crippen LogP contribution in [0.25, 0.3) is 0 Å². The highest BCUT2D eigenvalue weighted by atomic mass is 35.5. The summed E-state index contributed by atoms with van der Waals surface area (Å²) in [6.45, 7) is 0. The Morgan fingerprint density at radius 2 is 2.00 bits per heavy atom. The van der Waals surface area contributed by atoms with Crippen molar-refractivity contribution in [1.82, 2.24) is 4.98 Å². The van der Waals surface area contributed by atoms with Crippen LogP contribution in [0, 0.1) is 11.3 Å². The van der Waals surface area contributed by atoms with E-state index in [1.807, 2.05) is 0 Å². The van der Waals surface area contributed by atoms with Crippen LogP contribution in [0.4, 0.5) is 13.2 Å². The van der Waals surface area contributed by atoms with Crippen molar-refractivity contribution in [1.29, 1.82) is 5.26 Å². The number of pyridine rings is 1. The summed E-state index contributed by atoms with van der Waals surface area (Å²) < 4.78 is 39.0. The average Bonchev–Trinajstić information content (AvgIpc) is 2.08. The molecule has 0 amide bonds. The second kappa shape index (κ2) is 4.13. The van der Waals surface area contributed by atoms with Gasteiger partial charge in [-0.2, -0.15) is 5.26 Å². The van der Waals surface area contributed by atoms with Gasteiger partial charge in [0.25, 0.3) is 0 Å².